The fraction of sp³-hybridized carbons (Fsp3) is 0.217. The van der Waals surface area contributed by atoms with Crippen LogP contribution in [0, 0.1) is 5.41 Å². The monoisotopic (exact) mass is 376 g/mol. The Bertz CT molecular complexity index is 936. The normalized spacial score (nSPS) is 14.4. The third-order valence-electron chi connectivity index (χ3n) is 5.30. The number of ether oxygens (including phenoxy) is 2. The lowest BCUT2D eigenvalue weighted by molar-refractivity contribution is -0.168. The smallest absolute Gasteiger partial charge is 0.323 e. The molecule has 1 heterocycles. The number of carbonyl (C=O) groups excluding carboxylic acids is 2. The Labute approximate surface area is 162 Å². The molecule has 1 aliphatic carbocycles. The number of carbonyl (C=O) groups is 2. The van der Waals surface area contributed by atoms with Gasteiger partial charge < -0.3 is 13.9 Å². The molecule has 0 radical (unpaired) electrons. The molecule has 0 unspecified atom stereocenters. The number of methoxy groups -OCH3 is 2. The molecule has 28 heavy (non-hydrogen) atoms. The Hall–Kier alpha value is -3.34. The number of furan rings is 1. The van der Waals surface area contributed by atoms with Crippen LogP contribution in [-0.2, 0) is 31.9 Å². The zero-order valence-corrected chi connectivity index (χ0v) is 15.7. The van der Waals surface area contributed by atoms with E-state index in [-0.39, 0.29) is 12.8 Å². The van der Waals surface area contributed by atoms with E-state index in [0.29, 0.717) is 11.5 Å². The van der Waals surface area contributed by atoms with Crippen molar-refractivity contribution in [3.63, 3.8) is 0 Å². The van der Waals surface area contributed by atoms with E-state index in [0.717, 1.165) is 22.3 Å². The molecule has 0 saturated carbocycles. The molecule has 0 aliphatic heterocycles. The highest BCUT2D eigenvalue weighted by Crippen LogP contribution is 2.49. The molecule has 0 atom stereocenters. The zero-order chi connectivity index (χ0) is 19.7. The third kappa shape index (κ3) is 2.71. The molecule has 0 spiro atoms. The molecule has 5 nitrogen and oxygen atoms in total. The third-order valence-corrected chi connectivity index (χ3v) is 5.30. The fourth-order valence-corrected chi connectivity index (χ4v) is 3.95. The molecule has 2 aromatic carbocycles. The summed E-state index contributed by atoms with van der Waals surface area (Å²) in [4.78, 5) is 25.3. The van der Waals surface area contributed by atoms with Crippen LogP contribution in [0.2, 0.25) is 0 Å². The molecule has 1 aliphatic rings. The molecule has 0 bridgehead atoms. The molecular weight excluding hydrogens is 356 g/mol. The Morgan fingerprint density at radius 1 is 0.750 bits per heavy atom. The van der Waals surface area contributed by atoms with E-state index in [4.69, 9.17) is 13.9 Å². The van der Waals surface area contributed by atoms with E-state index in [1.165, 1.54) is 14.2 Å². The van der Waals surface area contributed by atoms with Crippen LogP contribution in [0.5, 0.6) is 0 Å². The van der Waals surface area contributed by atoms with E-state index in [9.17, 15) is 9.59 Å². The SMILES string of the molecule is COC(=O)C1(C(=O)OC)Cc2c(-c3ccccc3)oc(-c3ccccc3)c2C1. The number of hydrogen-bond donors (Lipinski definition) is 0. The largest absolute Gasteiger partial charge is 0.468 e. The summed E-state index contributed by atoms with van der Waals surface area (Å²) in [5, 5.41) is 0. The maximum Gasteiger partial charge on any atom is 0.323 e. The predicted octanol–water partition coefficient (Wildman–Crippen LogP) is 4.04. The quantitative estimate of drug-likeness (QED) is 0.508. The Kier molecular flexibility index (Phi) is 4.51. The molecule has 0 saturated heterocycles. The first kappa shape index (κ1) is 18.0. The van der Waals surface area contributed by atoms with Gasteiger partial charge in [-0.25, -0.2) is 0 Å². The summed E-state index contributed by atoms with van der Waals surface area (Å²) in [6, 6.07) is 19.4. The molecule has 3 aromatic rings. The first-order chi connectivity index (χ1) is 13.6. The molecule has 4 rings (SSSR count). The average molecular weight is 376 g/mol. The van der Waals surface area contributed by atoms with Gasteiger partial charge in [0.25, 0.3) is 0 Å². The first-order valence-electron chi connectivity index (χ1n) is 9.03. The van der Waals surface area contributed by atoms with Crippen LogP contribution in [0.1, 0.15) is 11.1 Å². The zero-order valence-electron chi connectivity index (χ0n) is 15.7. The van der Waals surface area contributed by atoms with Crippen molar-refractivity contribution < 1.29 is 23.5 Å². The van der Waals surface area contributed by atoms with Gasteiger partial charge in [0.15, 0.2) is 5.41 Å². The standard InChI is InChI=1S/C23H20O5/c1-26-21(24)23(22(25)27-2)13-17-18(14-23)20(16-11-7-4-8-12-16)28-19(17)15-9-5-3-6-10-15/h3-12H,13-14H2,1-2H3. The van der Waals surface area contributed by atoms with Gasteiger partial charge in [0.2, 0.25) is 0 Å². The highest BCUT2D eigenvalue weighted by atomic mass is 16.5. The van der Waals surface area contributed by atoms with Crippen molar-refractivity contribution in [3.05, 3.63) is 71.8 Å². The van der Waals surface area contributed by atoms with Crippen LogP contribution in [0.15, 0.2) is 65.1 Å². The minimum atomic E-state index is -1.39. The van der Waals surface area contributed by atoms with E-state index in [2.05, 4.69) is 0 Å². The van der Waals surface area contributed by atoms with Crippen molar-refractivity contribution in [3.8, 4) is 22.6 Å². The van der Waals surface area contributed by atoms with Crippen molar-refractivity contribution in [1.82, 2.24) is 0 Å². The summed E-state index contributed by atoms with van der Waals surface area (Å²) in [6.07, 6.45) is 0.366. The summed E-state index contributed by atoms with van der Waals surface area (Å²) in [5.74, 6) is 0.162. The van der Waals surface area contributed by atoms with Crippen molar-refractivity contribution >= 4 is 11.9 Å². The molecule has 142 valence electrons. The molecule has 1 aromatic heterocycles. The average Bonchev–Trinajstić information content (AvgIpc) is 3.31. The second kappa shape index (κ2) is 7.00. The van der Waals surface area contributed by atoms with Gasteiger partial charge in [0.05, 0.1) is 14.2 Å². The van der Waals surface area contributed by atoms with Crippen molar-refractivity contribution in [2.75, 3.05) is 14.2 Å². The van der Waals surface area contributed by atoms with Crippen LogP contribution >= 0.6 is 0 Å². The summed E-state index contributed by atoms with van der Waals surface area (Å²) in [6.45, 7) is 0. The van der Waals surface area contributed by atoms with E-state index < -0.39 is 17.4 Å². The minimum Gasteiger partial charge on any atom is -0.468 e. The van der Waals surface area contributed by atoms with Crippen LogP contribution < -0.4 is 0 Å². The Balaban J connectivity index is 1.92. The van der Waals surface area contributed by atoms with Gasteiger partial charge in [-0.1, -0.05) is 60.7 Å². The summed E-state index contributed by atoms with van der Waals surface area (Å²) < 4.78 is 16.2. The number of hydrogen-bond acceptors (Lipinski definition) is 5. The molecule has 0 fully saturated rings. The van der Waals surface area contributed by atoms with Gasteiger partial charge in [-0.2, -0.15) is 0 Å². The summed E-state index contributed by atoms with van der Waals surface area (Å²) in [5.41, 5.74) is 2.09. The van der Waals surface area contributed by atoms with Gasteiger partial charge in [0, 0.05) is 35.1 Å². The second-order valence-electron chi connectivity index (χ2n) is 6.87. The lowest BCUT2D eigenvalue weighted by Gasteiger charge is -2.23. The van der Waals surface area contributed by atoms with Gasteiger partial charge in [-0.15, -0.1) is 0 Å². The van der Waals surface area contributed by atoms with Crippen LogP contribution in [0.3, 0.4) is 0 Å². The number of benzene rings is 2. The second-order valence-corrected chi connectivity index (χ2v) is 6.87. The first-order valence-corrected chi connectivity index (χ1v) is 9.03. The van der Waals surface area contributed by atoms with Gasteiger partial charge in [0.1, 0.15) is 11.5 Å². The van der Waals surface area contributed by atoms with Gasteiger partial charge >= 0.3 is 11.9 Å². The fourth-order valence-electron chi connectivity index (χ4n) is 3.95. The summed E-state index contributed by atoms with van der Waals surface area (Å²) in [7, 11) is 2.58. The van der Waals surface area contributed by atoms with E-state index in [1.807, 2.05) is 60.7 Å². The topological polar surface area (TPSA) is 65.7 Å². The Morgan fingerprint density at radius 2 is 1.14 bits per heavy atom. The lowest BCUT2D eigenvalue weighted by Crippen LogP contribution is -2.42. The number of esters is 2. The van der Waals surface area contributed by atoms with Gasteiger partial charge in [-0.05, 0) is 0 Å². The predicted molar refractivity (Wildman–Crippen MR) is 103 cm³/mol. The Morgan fingerprint density at radius 3 is 1.50 bits per heavy atom. The van der Waals surface area contributed by atoms with E-state index >= 15 is 0 Å². The highest BCUT2D eigenvalue weighted by Gasteiger charge is 2.55. The molecule has 0 amide bonds. The van der Waals surface area contributed by atoms with Crippen LogP contribution in [0.4, 0.5) is 0 Å². The highest BCUT2D eigenvalue weighted by molar-refractivity contribution is 6.02. The van der Waals surface area contributed by atoms with E-state index in [1.54, 1.807) is 0 Å². The number of fused-ring (bicyclic) bond motifs is 1. The van der Waals surface area contributed by atoms with Crippen molar-refractivity contribution in [2.45, 2.75) is 12.8 Å². The summed E-state index contributed by atoms with van der Waals surface area (Å²) >= 11 is 0. The molecular formula is C23H20O5. The van der Waals surface area contributed by atoms with Crippen LogP contribution in [-0.4, -0.2) is 26.2 Å². The van der Waals surface area contributed by atoms with Crippen LogP contribution in [0.25, 0.3) is 22.6 Å². The van der Waals surface area contributed by atoms with Crippen molar-refractivity contribution in [2.24, 2.45) is 5.41 Å². The molecule has 0 N–H and O–H groups in total. The van der Waals surface area contributed by atoms with Gasteiger partial charge in [-0.3, -0.25) is 9.59 Å². The number of rotatable bonds is 4. The lowest BCUT2D eigenvalue weighted by atomic mass is 9.84. The maximum atomic E-state index is 12.6. The molecule has 5 heteroatoms. The maximum absolute atomic E-state index is 12.6. The minimum absolute atomic E-state index is 0.183. The van der Waals surface area contributed by atoms with Crippen molar-refractivity contribution in [1.29, 1.82) is 0 Å².